The largest absolute Gasteiger partial charge is 0.467 e. The van der Waals surface area contributed by atoms with Crippen LogP contribution in [0.3, 0.4) is 0 Å². The highest BCUT2D eigenvalue weighted by Crippen LogP contribution is 2.31. The van der Waals surface area contributed by atoms with Gasteiger partial charge in [-0.15, -0.1) is 11.3 Å². The third-order valence-electron chi connectivity index (χ3n) is 3.11. The Kier molecular flexibility index (Phi) is 3.42. The zero-order chi connectivity index (χ0) is 14.1. The second kappa shape index (κ2) is 5.22. The van der Waals surface area contributed by atoms with Crippen molar-refractivity contribution in [2.75, 3.05) is 11.9 Å². The summed E-state index contributed by atoms with van der Waals surface area (Å²) < 4.78 is 5.35. The Hall–Kier alpha value is -1.92. The van der Waals surface area contributed by atoms with Gasteiger partial charge in [-0.05, 0) is 36.9 Å². The van der Waals surface area contributed by atoms with Crippen molar-refractivity contribution >= 4 is 27.4 Å². The fourth-order valence-electron chi connectivity index (χ4n) is 2.16. The number of aliphatic hydroxyl groups excluding tert-OH is 1. The predicted molar refractivity (Wildman–Crippen MR) is 79.0 cm³/mol. The van der Waals surface area contributed by atoms with Gasteiger partial charge in [-0.1, -0.05) is 0 Å². The number of fused-ring (bicyclic) bond motifs is 1. The van der Waals surface area contributed by atoms with E-state index in [9.17, 15) is 5.11 Å². The molecule has 6 heteroatoms. The summed E-state index contributed by atoms with van der Waals surface area (Å²) in [6, 6.07) is 3.32. The zero-order valence-corrected chi connectivity index (χ0v) is 12.1. The summed E-state index contributed by atoms with van der Waals surface area (Å²) in [5.74, 6) is 2.13. The van der Waals surface area contributed by atoms with Gasteiger partial charge in [0.1, 0.15) is 28.3 Å². The topological polar surface area (TPSA) is 71.2 Å². The van der Waals surface area contributed by atoms with Crippen LogP contribution in [0.4, 0.5) is 5.82 Å². The molecule has 1 unspecified atom stereocenters. The Morgan fingerprint density at radius 2 is 2.25 bits per heavy atom. The van der Waals surface area contributed by atoms with Gasteiger partial charge in [-0.3, -0.25) is 0 Å². The van der Waals surface area contributed by atoms with Crippen molar-refractivity contribution in [3.05, 3.63) is 40.9 Å². The van der Waals surface area contributed by atoms with Gasteiger partial charge in [0.05, 0.1) is 18.3 Å². The second-order valence-corrected chi connectivity index (χ2v) is 5.47. The predicted octanol–water partition coefficient (Wildman–Crippen LogP) is 3.05. The van der Waals surface area contributed by atoms with Crippen LogP contribution in [0.2, 0.25) is 0 Å². The molecule has 3 heterocycles. The Bertz CT molecular complexity index is 721. The van der Waals surface area contributed by atoms with Crippen molar-refractivity contribution in [1.29, 1.82) is 0 Å². The van der Waals surface area contributed by atoms with E-state index in [1.165, 1.54) is 0 Å². The molecule has 104 valence electrons. The highest BCUT2D eigenvalue weighted by molar-refractivity contribution is 7.17. The molecule has 3 aromatic heterocycles. The Labute approximate surface area is 120 Å². The highest BCUT2D eigenvalue weighted by Gasteiger charge is 2.17. The molecular weight excluding hydrogens is 274 g/mol. The average Bonchev–Trinajstić information content (AvgIpc) is 3.06. The lowest BCUT2D eigenvalue weighted by atomic mass is 10.2. The fraction of sp³-hybridized carbons (Fsp3) is 0.286. The molecule has 0 fully saturated rings. The van der Waals surface area contributed by atoms with E-state index in [0.717, 1.165) is 21.6 Å². The number of thiophene rings is 1. The summed E-state index contributed by atoms with van der Waals surface area (Å²) in [6.45, 7) is 3.82. The molecule has 20 heavy (non-hydrogen) atoms. The minimum absolute atomic E-state index is 0.0682. The Morgan fingerprint density at radius 3 is 2.95 bits per heavy atom. The molecule has 0 saturated carbocycles. The molecule has 5 nitrogen and oxygen atoms in total. The van der Waals surface area contributed by atoms with Crippen LogP contribution in [-0.4, -0.2) is 21.7 Å². The van der Waals surface area contributed by atoms with E-state index in [1.807, 2.05) is 19.9 Å². The summed E-state index contributed by atoms with van der Waals surface area (Å²) in [5, 5.41) is 15.9. The lowest BCUT2D eigenvalue weighted by Gasteiger charge is -2.16. The van der Waals surface area contributed by atoms with Gasteiger partial charge in [0.15, 0.2) is 0 Å². The molecule has 0 aliphatic carbocycles. The van der Waals surface area contributed by atoms with Crippen molar-refractivity contribution in [1.82, 2.24) is 9.97 Å². The van der Waals surface area contributed by atoms with Crippen LogP contribution in [0.25, 0.3) is 10.2 Å². The molecule has 0 aliphatic heterocycles. The number of furan rings is 1. The summed E-state index contributed by atoms with van der Waals surface area (Å²) in [5.41, 5.74) is 1.13. The van der Waals surface area contributed by atoms with Crippen LogP contribution in [0.1, 0.15) is 23.2 Å². The molecular formula is C14H15N3O2S. The quantitative estimate of drug-likeness (QED) is 0.772. The molecule has 0 spiro atoms. The number of aliphatic hydroxyl groups is 1. The fourth-order valence-corrected chi connectivity index (χ4v) is 3.12. The number of anilines is 1. The first-order chi connectivity index (χ1) is 9.69. The first-order valence-corrected chi connectivity index (χ1v) is 7.20. The van der Waals surface area contributed by atoms with E-state index in [0.29, 0.717) is 11.6 Å². The first kappa shape index (κ1) is 13.1. The molecule has 0 bridgehead atoms. The van der Waals surface area contributed by atoms with Crippen molar-refractivity contribution in [2.45, 2.75) is 19.9 Å². The SMILES string of the molecule is Cc1nc(NC(CO)c2ccco2)c2c(C)csc2n1. The molecule has 0 radical (unpaired) electrons. The minimum Gasteiger partial charge on any atom is -0.467 e. The monoisotopic (exact) mass is 289 g/mol. The molecule has 3 rings (SSSR count). The van der Waals surface area contributed by atoms with E-state index in [2.05, 4.69) is 20.7 Å². The van der Waals surface area contributed by atoms with Gasteiger partial charge in [0.25, 0.3) is 0 Å². The summed E-state index contributed by atoms with van der Waals surface area (Å²) in [4.78, 5) is 9.85. The number of rotatable bonds is 4. The Balaban J connectivity index is 2.03. The third kappa shape index (κ3) is 2.28. The first-order valence-electron chi connectivity index (χ1n) is 6.32. The molecule has 0 aromatic carbocycles. The number of nitrogens with zero attached hydrogens (tertiary/aromatic N) is 2. The van der Waals surface area contributed by atoms with Crippen LogP contribution in [0, 0.1) is 13.8 Å². The van der Waals surface area contributed by atoms with Crippen LogP contribution in [0.15, 0.2) is 28.2 Å². The van der Waals surface area contributed by atoms with E-state index >= 15 is 0 Å². The van der Waals surface area contributed by atoms with Crippen LogP contribution in [0.5, 0.6) is 0 Å². The molecule has 0 aliphatic rings. The second-order valence-electron chi connectivity index (χ2n) is 4.61. The molecule has 2 N–H and O–H groups in total. The van der Waals surface area contributed by atoms with E-state index in [4.69, 9.17) is 4.42 Å². The molecule has 0 saturated heterocycles. The number of hydrogen-bond donors (Lipinski definition) is 2. The van der Waals surface area contributed by atoms with Crippen molar-refractivity contribution in [3.63, 3.8) is 0 Å². The van der Waals surface area contributed by atoms with Gasteiger partial charge in [0.2, 0.25) is 0 Å². The van der Waals surface area contributed by atoms with Gasteiger partial charge in [0, 0.05) is 0 Å². The molecule has 1 atom stereocenters. The Morgan fingerprint density at radius 1 is 1.40 bits per heavy atom. The molecule has 3 aromatic rings. The van der Waals surface area contributed by atoms with E-state index in [-0.39, 0.29) is 12.6 Å². The maximum absolute atomic E-state index is 9.56. The van der Waals surface area contributed by atoms with Crippen molar-refractivity contribution in [3.8, 4) is 0 Å². The van der Waals surface area contributed by atoms with Crippen molar-refractivity contribution < 1.29 is 9.52 Å². The third-order valence-corrected chi connectivity index (χ3v) is 4.10. The average molecular weight is 289 g/mol. The number of aromatic nitrogens is 2. The lowest BCUT2D eigenvalue weighted by molar-refractivity contribution is 0.261. The van der Waals surface area contributed by atoms with Crippen LogP contribution < -0.4 is 5.32 Å². The van der Waals surface area contributed by atoms with Gasteiger partial charge < -0.3 is 14.8 Å². The standard InChI is InChI=1S/C14H15N3O2S/c1-8-7-20-14-12(8)13(15-9(2)16-14)17-10(6-18)11-4-3-5-19-11/h3-5,7,10,18H,6H2,1-2H3,(H,15,16,17). The number of aryl methyl sites for hydroxylation is 2. The summed E-state index contributed by atoms with van der Waals surface area (Å²) in [7, 11) is 0. The minimum atomic E-state index is -0.318. The van der Waals surface area contributed by atoms with Crippen LogP contribution in [-0.2, 0) is 0 Å². The van der Waals surface area contributed by atoms with E-state index in [1.54, 1.807) is 23.7 Å². The maximum Gasteiger partial charge on any atom is 0.139 e. The summed E-state index contributed by atoms with van der Waals surface area (Å²) in [6.07, 6.45) is 1.59. The maximum atomic E-state index is 9.56. The van der Waals surface area contributed by atoms with Crippen molar-refractivity contribution in [2.24, 2.45) is 0 Å². The normalized spacial score (nSPS) is 12.8. The van der Waals surface area contributed by atoms with Gasteiger partial charge in [-0.2, -0.15) is 0 Å². The van der Waals surface area contributed by atoms with E-state index < -0.39 is 0 Å². The smallest absolute Gasteiger partial charge is 0.139 e. The summed E-state index contributed by atoms with van der Waals surface area (Å²) >= 11 is 1.60. The van der Waals surface area contributed by atoms with Gasteiger partial charge >= 0.3 is 0 Å². The number of hydrogen-bond acceptors (Lipinski definition) is 6. The zero-order valence-electron chi connectivity index (χ0n) is 11.3. The number of nitrogens with one attached hydrogen (secondary N) is 1. The highest BCUT2D eigenvalue weighted by atomic mass is 32.1. The lowest BCUT2D eigenvalue weighted by Crippen LogP contribution is -2.15. The molecule has 0 amide bonds. The van der Waals surface area contributed by atoms with Crippen LogP contribution >= 0.6 is 11.3 Å². The van der Waals surface area contributed by atoms with Gasteiger partial charge in [-0.25, -0.2) is 9.97 Å².